The van der Waals surface area contributed by atoms with E-state index in [2.05, 4.69) is 13.8 Å². The van der Waals surface area contributed by atoms with Gasteiger partial charge in [0, 0.05) is 6.08 Å². The number of rotatable bonds is 15. The number of hydrogen-bond acceptors (Lipinski definition) is 4. The van der Waals surface area contributed by atoms with Crippen LogP contribution in [-0.2, 0) is 14.3 Å². The molecule has 0 aromatic heterocycles. The highest BCUT2D eigenvalue weighted by atomic mass is 16.5. The van der Waals surface area contributed by atoms with E-state index in [1.54, 1.807) is 18.2 Å². The van der Waals surface area contributed by atoms with Crippen molar-refractivity contribution in [2.24, 2.45) is 11.8 Å². The summed E-state index contributed by atoms with van der Waals surface area (Å²) in [5.74, 6) is 0.910. The van der Waals surface area contributed by atoms with Crippen LogP contribution in [0.15, 0.2) is 30.3 Å². The molecule has 1 aromatic carbocycles. The highest BCUT2D eigenvalue weighted by Gasteiger charge is 2.26. The van der Waals surface area contributed by atoms with Crippen LogP contribution in [-0.4, -0.2) is 18.5 Å². The van der Waals surface area contributed by atoms with Crippen molar-refractivity contribution in [3.63, 3.8) is 0 Å². The molecule has 0 bridgehead atoms. The van der Waals surface area contributed by atoms with Gasteiger partial charge in [-0.3, -0.25) is 4.79 Å². The summed E-state index contributed by atoms with van der Waals surface area (Å²) >= 11 is 0. The second kappa shape index (κ2) is 16.5. The Balaban J connectivity index is 1.58. The van der Waals surface area contributed by atoms with E-state index < -0.39 is 0 Å². The predicted octanol–water partition coefficient (Wildman–Crippen LogP) is 7.90. The van der Waals surface area contributed by atoms with Crippen LogP contribution < -0.4 is 4.74 Å². The third kappa shape index (κ3) is 11.5. The second-order valence-corrected chi connectivity index (χ2v) is 9.45. The van der Waals surface area contributed by atoms with Crippen molar-refractivity contribution >= 4 is 18.0 Å². The number of ether oxygens (including phenoxy) is 2. The van der Waals surface area contributed by atoms with Crippen LogP contribution >= 0.6 is 0 Å². The summed E-state index contributed by atoms with van der Waals surface area (Å²) in [6, 6.07) is 7.26. The highest BCUT2D eigenvalue weighted by molar-refractivity contribution is 5.87. The number of carbonyl (C=O) groups excluding carboxylic acids is 2. The van der Waals surface area contributed by atoms with Crippen LogP contribution in [0.5, 0.6) is 5.75 Å². The standard InChI is InChI=1S/C29H44O4/c1-3-5-6-7-8-9-10-11-12-23-32-28(30)22-17-25-15-20-27(21-16-25)33-29(31)26-18-13-24(4-2)14-19-26/h15-17,20-22,24,26H,3-14,18-19,23H2,1-2H3. The Bertz CT molecular complexity index is 699. The zero-order chi connectivity index (χ0) is 23.7. The van der Waals surface area contributed by atoms with Gasteiger partial charge in [-0.15, -0.1) is 0 Å². The number of hydrogen-bond donors (Lipinski definition) is 0. The molecular formula is C29H44O4. The highest BCUT2D eigenvalue weighted by Crippen LogP contribution is 2.31. The first-order chi connectivity index (χ1) is 16.1. The molecule has 0 unspecified atom stereocenters. The van der Waals surface area contributed by atoms with Crippen LogP contribution in [0.4, 0.5) is 0 Å². The van der Waals surface area contributed by atoms with Gasteiger partial charge in [-0.25, -0.2) is 4.79 Å². The Kier molecular flexibility index (Phi) is 13.6. The first kappa shape index (κ1) is 27.1. The number of benzene rings is 1. The van der Waals surface area contributed by atoms with Gasteiger partial charge in [-0.2, -0.15) is 0 Å². The number of carbonyl (C=O) groups is 2. The molecule has 184 valence electrons. The van der Waals surface area contributed by atoms with Gasteiger partial charge >= 0.3 is 11.9 Å². The summed E-state index contributed by atoms with van der Waals surface area (Å²) in [7, 11) is 0. The summed E-state index contributed by atoms with van der Waals surface area (Å²) in [6.07, 6.45) is 19.7. The van der Waals surface area contributed by atoms with Crippen LogP contribution in [0.3, 0.4) is 0 Å². The normalized spacial score (nSPS) is 18.4. The molecule has 33 heavy (non-hydrogen) atoms. The van der Waals surface area contributed by atoms with Crippen molar-refractivity contribution in [2.75, 3.05) is 6.61 Å². The van der Waals surface area contributed by atoms with Gasteiger partial charge in [-0.1, -0.05) is 83.8 Å². The Labute approximate surface area is 201 Å². The van der Waals surface area contributed by atoms with E-state index in [0.29, 0.717) is 12.4 Å². The molecular weight excluding hydrogens is 412 g/mol. The SMILES string of the molecule is CCCCCCCCCCCOC(=O)C=Cc1ccc(OC(=O)C2CCC(CC)CC2)cc1. The lowest BCUT2D eigenvalue weighted by Gasteiger charge is -2.26. The fraction of sp³-hybridized carbons (Fsp3) is 0.655. The molecule has 1 aromatic rings. The van der Waals surface area contributed by atoms with Crippen molar-refractivity contribution in [2.45, 2.75) is 104 Å². The Hall–Kier alpha value is -2.10. The third-order valence-electron chi connectivity index (χ3n) is 6.76. The number of unbranched alkanes of at least 4 members (excludes halogenated alkanes) is 8. The van der Waals surface area contributed by atoms with Gasteiger partial charge in [0.1, 0.15) is 5.75 Å². The minimum atomic E-state index is -0.312. The number of esters is 2. The van der Waals surface area contributed by atoms with E-state index >= 15 is 0 Å². The third-order valence-corrected chi connectivity index (χ3v) is 6.76. The van der Waals surface area contributed by atoms with Gasteiger partial charge in [0.2, 0.25) is 0 Å². The van der Waals surface area contributed by atoms with Crippen molar-refractivity contribution in [1.29, 1.82) is 0 Å². The molecule has 4 nitrogen and oxygen atoms in total. The predicted molar refractivity (Wildman–Crippen MR) is 135 cm³/mol. The largest absolute Gasteiger partial charge is 0.463 e. The monoisotopic (exact) mass is 456 g/mol. The smallest absolute Gasteiger partial charge is 0.330 e. The van der Waals surface area contributed by atoms with Gasteiger partial charge < -0.3 is 9.47 Å². The molecule has 0 aliphatic heterocycles. The van der Waals surface area contributed by atoms with E-state index in [1.807, 2.05) is 12.1 Å². The van der Waals surface area contributed by atoms with Gasteiger partial charge in [0.05, 0.1) is 12.5 Å². The molecule has 4 heteroatoms. The Morgan fingerprint density at radius 1 is 0.848 bits per heavy atom. The lowest BCUT2D eigenvalue weighted by molar-refractivity contribution is -0.140. The molecule has 0 atom stereocenters. The van der Waals surface area contributed by atoms with Crippen molar-refractivity contribution in [3.05, 3.63) is 35.9 Å². The minimum Gasteiger partial charge on any atom is -0.463 e. The molecule has 2 rings (SSSR count). The van der Waals surface area contributed by atoms with E-state index in [0.717, 1.165) is 50.0 Å². The van der Waals surface area contributed by atoms with E-state index in [-0.39, 0.29) is 17.9 Å². The fourth-order valence-electron chi connectivity index (χ4n) is 4.45. The van der Waals surface area contributed by atoms with Crippen molar-refractivity contribution in [1.82, 2.24) is 0 Å². The maximum absolute atomic E-state index is 12.4. The quantitative estimate of drug-likeness (QED) is 0.116. The van der Waals surface area contributed by atoms with E-state index in [1.165, 1.54) is 57.4 Å². The topological polar surface area (TPSA) is 52.6 Å². The lowest BCUT2D eigenvalue weighted by Crippen LogP contribution is -2.25. The summed E-state index contributed by atoms with van der Waals surface area (Å²) < 4.78 is 10.9. The molecule has 1 aliphatic rings. The average molecular weight is 457 g/mol. The molecule has 1 aliphatic carbocycles. The van der Waals surface area contributed by atoms with Crippen LogP contribution in [0.1, 0.15) is 109 Å². The van der Waals surface area contributed by atoms with Gasteiger partial charge in [0.15, 0.2) is 0 Å². The molecule has 0 saturated heterocycles. The first-order valence-corrected chi connectivity index (χ1v) is 13.3. The Morgan fingerprint density at radius 3 is 2.06 bits per heavy atom. The second-order valence-electron chi connectivity index (χ2n) is 9.45. The molecule has 1 fully saturated rings. The molecule has 0 amide bonds. The zero-order valence-electron chi connectivity index (χ0n) is 20.9. The fourth-order valence-corrected chi connectivity index (χ4v) is 4.45. The van der Waals surface area contributed by atoms with Crippen LogP contribution in [0.2, 0.25) is 0 Å². The Morgan fingerprint density at radius 2 is 1.45 bits per heavy atom. The van der Waals surface area contributed by atoms with Gasteiger partial charge in [0.25, 0.3) is 0 Å². The summed E-state index contributed by atoms with van der Waals surface area (Å²) in [5.41, 5.74) is 0.873. The average Bonchev–Trinajstić information content (AvgIpc) is 2.84. The van der Waals surface area contributed by atoms with Gasteiger partial charge in [-0.05, 0) is 61.8 Å². The minimum absolute atomic E-state index is 0.0212. The van der Waals surface area contributed by atoms with Crippen molar-refractivity contribution < 1.29 is 19.1 Å². The summed E-state index contributed by atoms with van der Waals surface area (Å²) in [5, 5.41) is 0. The molecule has 0 spiro atoms. The van der Waals surface area contributed by atoms with E-state index in [9.17, 15) is 9.59 Å². The summed E-state index contributed by atoms with van der Waals surface area (Å²) in [4.78, 5) is 24.3. The first-order valence-electron chi connectivity index (χ1n) is 13.3. The van der Waals surface area contributed by atoms with Crippen LogP contribution in [0, 0.1) is 11.8 Å². The van der Waals surface area contributed by atoms with Crippen LogP contribution in [0.25, 0.3) is 6.08 Å². The summed E-state index contributed by atoms with van der Waals surface area (Å²) in [6.45, 7) is 4.94. The van der Waals surface area contributed by atoms with E-state index in [4.69, 9.17) is 9.47 Å². The maximum Gasteiger partial charge on any atom is 0.330 e. The lowest BCUT2D eigenvalue weighted by atomic mass is 9.81. The molecule has 0 N–H and O–H groups in total. The molecule has 0 heterocycles. The zero-order valence-corrected chi connectivity index (χ0v) is 20.9. The van der Waals surface area contributed by atoms with Crippen molar-refractivity contribution in [3.8, 4) is 5.75 Å². The molecule has 1 saturated carbocycles. The maximum atomic E-state index is 12.4. The molecule has 0 radical (unpaired) electrons.